The van der Waals surface area contributed by atoms with Crippen LogP contribution in [0.1, 0.15) is 20.8 Å². The van der Waals surface area contributed by atoms with Gasteiger partial charge in [0.2, 0.25) is 5.67 Å². The second-order valence-corrected chi connectivity index (χ2v) is 11.4. The maximum absolute atomic E-state index is 14.0. The number of halogens is 17. The molecule has 272 valence electrons. The van der Waals surface area contributed by atoms with Gasteiger partial charge in [0.25, 0.3) is 12.7 Å². The van der Waals surface area contributed by atoms with Crippen LogP contribution in [0.25, 0.3) is 0 Å². The van der Waals surface area contributed by atoms with Gasteiger partial charge in [-0.3, -0.25) is 9.47 Å². The minimum absolute atomic E-state index is 0.0592. The fraction of sp³-hybridized carbons (Fsp3) is 0.810. The first-order valence-electron chi connectivity index (χ1n) is 11.5. The Morgan fingerprint density at radius 1 is 0.609 bits per heavy atom. The molecule has 46 heavy (non-hydrogen) atoms. The van der Waals surface area contributed by atoms with Crippen molar-refractivity contribution >= 4 is 35.5 Å². The van der Waals surface area contributed by atoms with E-state index in [1.165, 1.54) is 0 Å². The average Bonchev–Trinajstić information content (AvgIpc) is 2.85. The van der Waals surface area contributed by atoms with Gasteiger partial charge < -0.3 is 9.47 Å². The van der Waals surface area contributed by atoms with Crippen LogP contribution in [-0.4, -0.2) is 95.5 Å². The smallest absolute Gasteiger partial charge is 0.462 e. The van der Waals surface area contributed by atoms with E-state index in [0.717, 1.165) is 0 Å². The number of carbonyl (C=O) groups is 2. The number of thioether (sulfide) groups is 2. The van der Waals surface area contributed by atoms with Crippen molar-refractivity contribution in [3.05, 3.63) is 12.2 Å². The number of ether oxygens (including phenoxy) is 4. The fourth-order valence-corrected chi connectivity index (χ4v) is 3.33. The van der Waals surface area contributed by atoms with Gasteiger partial charge in [0.1, 0.15) is 18.9 Å². The Bertz CT molecular complexity index is 967. The summed E-state index contributed by atoms with van der Waals surface area (Å²) in [6.45, 7) is -1.58. The van der Waals surface area contributed by atoms with Gasteiger partial charge in [-0.05, 0) is 20.8 Å². The molecule has 0 fully saturated rings. The first-order chi connectivity index (χ1) is 20.3. The molecule has 0 N–H and O–H groups in total. The third-order valence-corrected chi connectivity index (χ3v) is 6.90. The van der Waals surface area contributed by atoms with Crippen LogP contribution < -0.4 is 0 Å². The third kappa shape index (κ3) is 12.0. The lowest BCUT2D eigenvalue weighted by molar-refractivity contribution is -0.446. The van der Waals surface area contributed by atoms with E-state index in [2.05, 4.69) is 18.9 Å². The minimum Gasteiger partial charge on any atom is -0.462 e. The summed E-state index contributed by atoms with van der Waals surface area (Å²) >= 11 is -1.80. The fourth-order valence-electron chi connectivity index (χ4n) is 2.10. The Kier molecular flexibility index (Phi) is 14.9. The van der Waals surface area contributed by atoms with Gasteiger partial charge in [-0.2, -0.15) is 57.1 Å². The zero-order chi connectivity index (χ0) is 36.8. The second-order valence-electron chi connectivity index (χ2n) is 8.94. The van der Waals surface area contributed by atoms with Crippen LogP contribution in [0.15, 0.2) is 12.2 Å². The van der Waals surface area contributed by atoms with Crippen molar-refractivity contribution in [1.29, 1.82) is 0 Å². The first kappa shape index (κ1) is 44.1. The second kappa shape index (κ2) is 15.6. The molecule has 25 heteroatoms. The molecule has 0 saturated heterocycles. The van der Waals surface area contributed by atoms with Gasteiger partial charge in [0, 0.05) is 23.7 Å². The highest BCUT2D eigenvalue weighted by molar-refractivity contribution is 8.00. The van der Waals surface area contributed by atoms with Crippen LogP contribution in [0.2, 0.25) is 0 Å². The molecule has 0 aromatic heterocycles. The number of rotatable bonds is 19. The average molecular weight is 756 g/mol. The first-order valence-corrected chi connectivity index (χ1v) is 13.5. The van der Waals surface area contributed by atoms with Crippen LogP contribution in [-0.2, 0) is 28.5 Å². The summed E-state index contributed by atoms with van der Waals surface area (Å²) in [5.41, 5.74) is -7.62. The summed E-state index contributed by atoms with van der Waals surface area (Å²) in [4.78, 5) is 22.9. The molecule has 0 aromatic rings. The molecule has 0 saturated carbocycles. The molecule has 0 rings (SSSR count). The van der Waals surface area contributed by atoms with Crippen LogP contribution in [0.4, 0.5) is 74.6 Å². The molecule has 0 amide bonds. The number of hydrogen-bond acceptors (Lipinski definition) is 8. The predicted octanol–water partition coefficient (Wildman–Crippen LogP) is 7.76. The van der Waals surface area contributed by atoms with E-state index in [-0.39, 0.29) is 19.1 Å². The highest BCUT2D eigenvalue weighted by Gasteiger charge is 2.76. The van der Waals surface area contributed by atoms with Crippen molar-refractivity contribution in [2.75, 3.05) is 24.7 Å². The Morgan fingerprint density at radius 3 is 1.24 bits per heavy atom. The Hall–Kier alpha value is -1.89. The SMILES string of the molecule is CC(C)(F)C(C)(F)C(F)(F)OC(F)C(F)(F)SCCOC(=O)/C=C\C(=O)OCCSC(F)(F)C(F)OC(F)(F)C(F)(F)C(F)(F)F. The van der Waals surface area contributed by atoms with E-state index < -0.39 is 119 Å². The zero-order valence-electron chi connectivity index (χ0n) is 22.8. The highest BCUT2D eigenvalue weighted by Crippen LogP contribution is 2.50. The molecular weight excluding hydrogens is 735 g/mol. The molecular formula is C21H21F17O6S2. The van der Waals surface area contributed by atoms with Crippen molar-refractivity contribution in [2.45, 2.75) is 79.6 Å². The summed E-state index contributed by atoms with van der Waals surface area (Å²) < 4.78 is 238. The molecule has 0 radical (unpaired) electrons. The lowest BCUT2D eigenvalue weighted by atomic mass is 9.90. The van der Waals surface area contributed by atoms with Crippen molar-refractivity contribution < 1.29 is 103 Å². The molecule has 0 aliphatic carbocycles. The summed E-state index contributed by atoms with van der Waals surface area (Å²) in [5.74, 6) is -12.3. The number of esters is 2. The Balaban J connectivity index is 4.67. The lowest BCUT2D eigenvalue weighted by Crippen LogP contribution is -2.57. The van der Waals surface area contributed by atoms with Crippen molar-refractivity contribution in [2.24, 2.45) is 0 Å². The highest BCUT2D eigenvalue weighted by atomic mass is 32.2. The maximum Gasteiger partial charge on any atom is 0.462 e. The molecule has 0 spiro atoms. The summed E-state index contributed by atoms with van der Waals surface area (Å²) in [5, 5.41) is -10.00. The molecule has 0 aliphatic heterocycles. The van der Waals surface area contributed by atoms with E-state index >= 15 is 0 Å². The topological polar surface area (TPSA) is 71.1 Å². The maximum atomic E-state index is 14.0. The van der Waals surface area contributed by atoms with Gasteiger partial charge in [-0.15, -0.1) is 0 Å². The van der Waals surface area contributed by atoms with Crippen molar-refractivity contribution in [3.8, 4) is 0 Å². The summed E-state index contributed by atoms with van der Waals surface area (Å²) in [7, 11) is 0. The van der Waals surface area contributed by atoms with Gasteiger partial charge in [0.15, 0.2) is 0 Å². The van der Waals surface area contributed by atoms with Gasteiger partial charge in [0.05, 0.1) is 0 Å². The Labute approximate surface area is 255 Å². The molecule has 0 bridgehead atoms. The molecule has 6 nitrogen and oxygen atoms in total. The summed E-state index contributed by atoms with van der Waals surface area (Å²) in [6.07, 6.45) is -27.6. The van der Waals surface area contributed by atoms with Gasteiger partial charge >= 0.3 is 46.8 Å². The molecule has 3 atom stereocenters. The molecule has 0 aromatic carbocycles. The quantitative estimate of drug-likeness (QED) is 0.0574. The summed E-state index contributed by atoms with van der Waals surface area (Å²) in [6, 6.07) is 0. The van der Waals surface area contributed by atoms with E-state index in [0.29, 0.717) is 13.8 Å². The molecule has 0 aliphatic rings. The van der Waals surface area contributed by atoms with Crippen molar-refractivity contribution in [1.82, 2.24) is 0 Å². The number of carbonyl (C=O) groups excluding carboxylic acids is 2. The number of alkyl halides is 17. The van der Waals surface area contributed by atoms with E-state index in [9.17, 15) is 84.2 Å². The Morgan fingerprint density at radius 2 is 0.935 bits per heavy atom. The lowest BCUT2D eigenvalue weighted by Gasteiger charge is -2.37. The van der Waals surface area contributed by atoms with Crippen LogP contribution in [0, 0.1) is 0 Å². The third-order valence-electron chi connectivity index (χ3n) is 5.02. The van der Waals surface area contributed by atoms with Crippen LogP contribution in [0.5, 0.6) is 0 Å². The monoisotopic (exact) mass is 756 g/mol. The number of hydrogen-bond donors (Lipinski definition) is 0. The molecule has 0 heterocycles. The van der Waals surface area contributed by atoms with E-state index in [1.54, 1.807) is 0 Å². The normalized spacial score (nSPS) is 17.0. The van der Waals surface area contributed by atoms with Crippen LogP contribution >= 0.6 is 23.5 Å². The van der Waals surface area contributed by atoms with E-state index in [1.807, 2.05) is 0 Å². The van der Waals surface area contributed by atoms with Crippen LogP contribution in [0.3, 0.4) is 0 Å². The largest absolute Gasteiger partial charge is 0.462 e. The van der Waals surface area contributed by atoms with E-state index in [4.69, 9.17) is 0 Å². The van der Waals surface area contributed by atoms with Crippen molar-refractivity contribution in [3.63, 3.8) is 0 Å². The van der Waals surface area contributed by atoms with Gasteiger partial charge in [-0.1, -0.05) is 23.5 Å². The zero-order valence-corrected chi connectivity index (χ0v) is 24.5. The molecule has 3 unspecified atom stereocenters. The predicted molar refractivity (Wildman–Crippen MR) is 123 cm³/mol. The standard InChI is InChI=1S/C21H21F17O6S2/c1-14(2,24)15(3,25)20(35,36)43-12(22)16(26,27)45-8-6-41-10(39)4-5-11(40)42-7-9-46-17(28,29)13(23)44-21(37,38)18(30,31)19(32,33)34/h4-5,12-13H,6-9H2,1-3H3/b5-4-. The van der Waals surface area contributed by atoms with Gasteiger partial charge in [-0.25, -0.2) is 27.2 Å². The minimum atomic E-state index is -7.06.